The number of aliphatic carboxylic acids is 1. The molecule has 17 heteroatoms. The molecule has 0 spiro atoms. The number of thioether (sulfide) groups is 1. The number of rotatable bonds is 11. The second-order valence-corrected chi connectivity index (χ2v) is 13.2. The van der Waals surface area contributed by atoms with Gasteiger partial charge >= 0.3 is 5.97 Å². The van der Waals surface area contributed by atoms with Crippen molar-refractivity contribution < 1.29 is 43.2 Å². The molecule has 15 nitrogen and oxygen atoms in total. The van der Waals surface area contributed by atoms with Crippen molar-refractivity contribution in [2.24, 2.45) is 5.16 Å². The third kappa shape index (κ3) is 6.95. The van der Waals surface area contributed by atoms with Gasteiger partial charge in [-0.3, -0.25) is 19.3 Å². The highest BCUT2D eigenvalue weighted by atomic mass is 32.2. The van der Waals surface area contributed by atoms with Crippen LogP contribution in [0.2, 0.25) is 0 Å². The molecule has 5 heterocycles. The number of ether oxygens (including phenoxy) is 2. The minimum atomic E-state index is -1.31. The SMILES string of the molecule is Nc1ncc(C(=NOC2CCCC2)C(=O)N[C@@H]2C(=O)N3C(C(=O)O)=C(CSc4cc[n+](CC(=O)N5CCOCC5)cc4)OC[C@H]23)s1. The van der Waals surface area contributed by atoms with E-state index in [4.69, 9.17) is 20.0 Å². The molecule has 0 radical (unpaired) electrons. The van der Waals surface area contributed by atoms with Crippen molar-refractivity contribution in [3.05, 3.63) is 47.1 Å². The average Bonchev–Trinajstić information content (AvgIpc) is 3.75. The monoisotopic (exact) mass is 672 g/mol. The van der Waals surface area contributed by atoms with Gasteiger partial charge in [0, 0.05) is 36.3 Å². The van der Waals surface area contributed by atoms with Crippen LogP contribution in [0.3, 0.4) is 0 Å². The lowest BCUT2D eigenvalue weighted by molar-refractivity contribution is -0.685. The second kappa shape index (κ2) is 14.0. The number of nitrogens with one attached hydrogen (secondary N) is 1. The first-order chi connectivity index (χ1) is 22.3. The summed E-state index contributed by atoms with van der Waals surface area (Å²) < 4.78 is 12.9. The molecule has 2 aromatic heterocycles. The van der Waals surface area contributed by atoms with Crippen LogP contribution in [-0.2, 0) is 40.0 Å². The van der Waals surface area contributed by atoms with Crippen molar-refractivity contribution in [2.75, 3.05) is 44.4 Å². The number of pyridine rings is 1. The van der Waals surface area contributed by atoms with Crippen LogP contribution in [0.25, 0.3) is 0 Å². The normalized spacial score (nSPS) is 21.8. The molecule has 3 amide bonds. The molecular formula is C29H34N7O8S2+. The molecule has 2 atom stereocenters. The Morgan fingerprint density at radius 3 is 2.63 bits per heavy atom. The Morgan fingerprint density at radius 2 is 1.96 bits per heavy atom. The highest BCUT2D eigenvalue weighted by molar-refractivity contribution is 7.99. The summed E-state index contributed by atoms with van der Waals surface area (Å²) in [7, 11) is 0. The van der Waals surface area contributed by atoms with Crippen molar-refractivity contribution in [3.8, 4) is 0 Å². The van der Waals surface area contributed by atoms with Gasteiger partial charge < -0.3 is 35.4 Å². The van der Waals surface area contributed by atoms with Gasteiger partial charge in [0.25, 0.3) is 17.7 Å². The quantitative estimate of drug-likeness (QED) is 0.0982. The number of fused-ring (bicyclic) bond motifs is 1. The number of morpholine rings is 1. The van der Waals surface area contributed by atoms with Crippen LogP contribution in [0.5, 0.6) is 0 Å². The molecule has 0 aromatic carbocycles. The number of nitrogens with two attached hydrogens (primary N) is 1. The summed E-state index contributed by atoms with van der Waals surface area (Å²) in [6.07, 6.45) is 8.61. The van der Waals surface area contributed by atoms with Gasteiger partial charge in [-0.1, -0.05) is 16.5 Å². The third-order valence-electron chi connectivity index (χ3n) is 8.12. The number of carboxylic acids is 1. The lowest BCUT2D eigenvalue weighted by atomic mass is 9.92. The first-order valence-electron chi connectivity index (χ1n) is 14.9. The predicted molar refractivity (Wildman–Crippen MR) is 164 cm³/mol. The summed E-state index contributed by atoms with van der Waals surface area (Å²) in [6, 6.07) is 1.94. The zero-order valence-corrected chi connectivity index (χ0v) is 26.5. The van der Waals surface area contributed by atoms with Crippen LogP contribution in [0.4, 0.5) is 5.13 Å². The summed E-state index contributed by atoms with van der Waals surface area (Å²) in [5.41, 5.74) is 5.47. The van der Waals surface area contributed by atoms with Gasteiger partial charge in [-0.25, -0.2) is 9.78 Å². The lowest BCUT2D eigenvalue weighted by Gasteiger charge is -2.49. The van der Waals surface area contributed by atoms with E-state index in [-0.39, 0.29) is 53.2 Å². The first kappa shape index (κ1) is 31.7. The van der Waals surface area contributed by atoms with Crippen molar-refractivity contribution in [1.29, 1.82) is 0 Å². The average molecular weight is 673 g/mol. The van der Waals surface area contributed by atoms with Crippen LogP contribution in [0, 0.1) is 0 Å². The van der Waals surface area contributed by atoms with Crippen LogP contribution < -0.4 is 15.6 Å². The number of carbonyl (C=O) groups excluding carboxylic acids is 3. The van der Waals surface area contributed by atoms with Gasteiger partial charge in [-0.05, 0) is 25.7 Å². The number of aromatic nitrogens is 2. The number of carbonyl (C=O) groups is 4. The molecule has 4 aliphatic rings. The number of hydrogen-bond acceptors (Lipinski definition) is 12. The maximum absolute atomic E-state index is 13.3. The summed E-state index contributed by atoms with van der Waals surface area (Å²) in [5, 5.41) is 17.1. The summed E-state index contributed by atoms with van der Waals surface area (Å²) >= 11 is 2.40. The second-order valence-electron chi connectivity index (χ2n) is 11.1. The molecule has 4 N–H and O–H groups in total. The Morgan fingerprint density at radius 1 is 1.22 bits per heavy atom. The lowest BCUT2D eigenvalue weighted by Crippen LogP contribution is -2.73. The molecule has 244 valence electrons. The molecule has 0 bridgehead atoms. The van der Waals surface area contributed by atoms with Crippen LogP contribution >= 0.6 is 23.1 Å². The molecule has 1 saturated carbocycles. The standard InChI is InChI=1S/C29H33N7O8S2/c30-29-31-13-21(46-29)24(33-44-17-3-1-2-4-17)26(38)32-23-19-15-43-20(25(28(40)41)36(19)27(23)39)16-45-18-5-7-34(8-6-18)14-22(37)35-9-11-42-12-10-35/h5-8,13,17,19,23H,1-4,9-12,14-16H2,(H3-,30,31,32,33,38,40,41)/p+1/t19-,23+/m1/s1. The minimum Gasteiger partial charge on any atom is -0.492 e. The number of oxime groups is 1. The van der Waals surface area contributed by atoms with Gasteiger partial charge in [0.2, 0.25) is 6.54 Å². The fraction of sp³-hybridized carbons (Fsp3) is 0.483. The number of thiazole rings is 1. The van der Waals surface area contributed by atoms with Gasteiger partial charge in [0.1, 0.15) is 30.6 Å². The van der Waals surface area contributed by atoms with Crippen LogP contribution in [0.15, 0.2) is 52.2 Å². The number of nitrogens with zero attached hydrogens (tertiary/aromatic N) is 5. The smallest absolute Gasteiger partial charge is 0.356 e. The number of β-lactam (4-membered cyclic amide) rings is 1. The number of anilines is 1. The van der Waals surface area contributed by atoms with E-state index in [0.717, 1.165) is 41.9 Å². The van der Waals surface area contributed by atoms with Crippen molar-refractivity contribution in [3.63, 3.8) is 0 Å². The van der Waals surface area contributed by atoms with Crippen molar-refractivity contribution in [2.45, 2.75) is 55.3 Å². The summed E-state index contributed by atoms with van der Waals surface area (Å²) in [5.74, 6) is -2.20. The fourth-order valence-electron chi connectivity index (χ4n) is 5.66. The predicted octanol–water partition coefficient (Wildman–Crippen LogP) is 0.349. The number of nitrogen functional groups attached to an aromatic ring is 1. The third-order valence-corrected chi connectivity index (χ3v) is 9.97. The molecule has 1 aliphatic carbocycles. The molecule has 3 fully saturated rings. The Hall–Kier alpha value is -4.22. The van der Waals surface area contributed by atoms with Gasteiger partial charge in [0.05, 0.1) is 23.8 Å². The highest BCUT2D eigenvalue weighted by Crippen LogP contribution is 2.35. The van der Waals surface area contributed by atoms with E-state index in [1.807, 2.05) is 12.1 Å². The molecule has 2 saturated heterocycles. The molecule has 0 unspecified atom stereocenters. The largest absolute Gasteiger partial charge is 0.492 e. The number of amides is 3. The van der Waals surface area contributed by atoms with E-state index in [0.29, 0.717) is 31.2 Å². The summed E-state index contributed by atoms with van der Waals surface area (Å²) in [4.78, 5) is 65.2. The van der Waals surface area contributed by atoms with E-state index >= 15 is 0 Å². The molecule has 46 heavy (non-hydrogen) atoms. The fourth-order valence-corrected chi connectivity index (χ4v) is 7.15. The zero-order chi connectivity index (χ0) is 32.2. The van der Waals surface area contributed by atoms with E-state index < -0.39 is 29.9 Å². The maximum atomic E-state index is 13.3. The van der Waals surface area contributed by atoms with Crippen molar-refractivity contribution >= 4 is 57.6 Å². The van der Waals surface area contributed by atoms with Crippen LogP contribution in [0.1, 0.15) is 30.6 Å². The topological polar surface area (TPSA) is 190 Å². The number of hydrogen-bond donors (Lipinski definition) is 3. The first-order valence-corrected chi connectivity index (χ1v) is 16.7. The van der Waals surface area contributed by atoms with Gasteiger partial charge in [-0.2, -0.15) is 4.57 Å². The highest BCUT2D eigenvalue weighted by Gasteiger charge is 2.55. The number of carboxylic acid groups (broad SMARTS) is 1. The summed E-state index contributed by atoms with van der Waals surface area (Å²) in [6.45, 7) is 2.44. The Labute approximate surface area is 272 Å². The van der Waals surface area contributed by atoms with E-state index in [2.05, 4.69) is 15.5 Å². The van der Waals surface area contributed by atoms with Crippen LogP contribution in [-0.4, -0.2) is 106 Å². The Balaban J connectivity index is 1.08. The molecule has 2 aromatic rings. The Bertz CT molecular complexity index is 1550. The Kier molecular flexibility index (Phi) is 9.70. The minimum absolute atomic E-state index is 0.000354. The molecule has 6 rings (SSSR count). The van der Waals surface area contributed by atoms with Gasteiger partial charge in [0.15, 0.2) is 28.9 Å². The van der Waals surface area contributed by atoms with E-state index in [9.17, 15) is 24.3 Å². The van der Waals surface area contributed by atoms with Gasteiger partial charge in [-0.15, -0.1) is 11.8 Å². The molecule has 3 aliphatic heterocycles. The molecular weight excluding hydrogens is 638 g/mol. The van der Waals surface area contributed by atoms with E-state index in [1.165, 1.54) is 22.9 Å². The maximum Gasteiger partial charge on any atom is 0.356 e. The van der Waals surface area contributed by atoms with E-state index in [1.54, 1.807) is 21.9 Å². The zero-order valence-electron chi connectivity index (χ0n) is 24.8. The van der Waals surface area contributed by atoms with Crippen molar-refractivity contribution in [1.82, 2.24) is 20.1 Å².